The Labute approximate surface area is 163 Å². The van der Waals surface area contributed by atoms with E-state index >= 15 is 0 Å². The molecule has 2 aromatic rings. The zero-order chi connectivity index (χ0) is 19.7. The molecule has 1 atom stereocenters. The molecule has 6 nitrogen and oxygen atoms in total. The van der Waals surface area contributed by atoms with Gasteiger partial charge in [0, 0.05) is 56.8 Å². The third kappa shape index (κ3) is 3.66. The van der Waals surface area contributed by atoms with Crippen molar-refractivity contribution in [3.8, 4) is 0 Å². The average Bonchev–Trinajstić information content (AvgIpc) is 2.92. The summed E-state index contributed by atoms with van der Waals surface area (Å²) < 4.78 is 15.3. The van der Waals surface area contributed by atoms with E-state index < -0.39 is 5.82 Å². The monoisotopic (exact) mass is 384 g/mol. The lowest BCUT2D eigenvalue weighted by Crippen LogP contribution is -2.41. The number of carbonyl (C=O) groups is 2. The van der Waals surface area contributed by atoms with Gasteiger partial charge < -0.3 is 9.80 Å². The van der Waals surface area contributed by atoms with Gasteiger partial charge in [-0.25, -0.2) is 4.39 Å². The summed E-state index contributed by atoms with van der Waals surface area (Å²) in [5, 5.41) is 4.30. The summed E-state index contributed by atoms with van der Waals surface area (Å²) in [5.41, 5.74) is 2.76. The van der Waals surface area contributed by atoms with Crippen molar-refractivity contribution in [2.75, 3.05) is 26.2 Å². The van der Waals surface area contributed by atoms with Crippen LogP contribution in [0.5, 0.6) is 0 Å². The molecule has 1 aromatic heterocycles. The molecule has 1 aromatic carbocycles. The van der Waals surface area contributed by atoms with Crippen molar-refractivity contribution in [1.82, 2.24) is 19.6 Å². The van der Waals surface area contributed by atoms with Crippen LogP contribution >= 0.6 is 0 Å². The van der Waals surface area contributed by atoms with Gasteiger partial charge in [0.05, 0.1) is 6.20 Å². The maximum absolute atomic E-state index is 13.4. The van der Waals surface area contributed by atoms with Gasteiger partial charge in [0.25, 0.3) is 5.91 Å². The van der Waals surface area contributed by atoms with Crippen molar-refractivity contribution < 1.29 is 14.0 Å². The van der Waals surface area contributed by atoms with Gasteiger partial charge in [-0.2, -0.15) is 5.10 Å². The molecule has 2 heterocycles. The van der Waals surface area contributed by atoms with Gasteiger partial charge in [-0.15, -0.1) is 0 Å². The Morgan fingerprint density at radius 2 is 1.93 bits per heavy atom. The Kier molecular flexibility index (Phi) is 5.15. The standard InChI is InChI=1S/C21H25FN4O2/c1-24-19-13-16(6-7-17(19)14-23-24)21(28)26-9-3-8-25(10-11-26)20(27)15-4-2-5-18(22)12-15/h2,4-5,12,14,16H,3,6-11,13H2,1H3. The molecule has 0 spiro atoms. The highest BCUT2D eigenvalue weighted by atomic mass is 19.1. The fourth-order valence-electron chi connectivity index (χ4n) is 4.26. The van der Waals surface area contributed by atoms with Crippen LogP contribution in [0.15, 0.2) is 30.5 Å². The maximum atomic E-state index is 13.4. The second kappa shape index (κ2) is 7.73. The van der Waals surface area contributed by atoms with E-state index in [0.29, 0.717) is 31.7 Å². The lowest BCUT2D eigenvalue weighted by molar-refractivity contribution is -0.135. The molecule has 0 saturated carbocycles. The van der Waals surface area contributed by atoms with E-state index in [4.69, 9.17) is 0 Å². The van der Waals surface area contributed by atoms with Gasteiger partial charge in [0.2, 0.25) is 5.91 Å². The third-order valence-corrected chi connectivity index (χ3v) is 5.87. The predicted molar refractivity (Wildman–Crippen MR) is 102 cm³/mol. The largest absolute Gasteiger partial charge is 0.341 e. The third-order valence-electron chi connectivity index (χ3n) is 5.87. The predicted octanol–water partition coefficient (Wildman–Crippen LogP) is 2.04. The van der Waals surface area contributed by atoms with Crippen LogP contribution < -0.4 is 0 Å². The highest BCUT2D eigenvalue weighted by Gasteiger charge is 2.31. The molecule has 7 heteroatoms. The summed E-state index contributed by atoms with van der Waals surface area (Å²) >= 11 is 0. The minimum atomic E-state index is -0.413. The minimum Gasteiger partial charge on any atom is -0.341 e. The van der Waals surface area contributed by atoms with Gasteiger partial charge in [-0.05, 0) is 43.0 Å². The van der Waals surface area contributed by atoms with Gasteiger partial charge in [0.15, 0.2) is 0 Å². The Bertz CT molecular complexity index is 894. The number of hydrogen-bond acceptors (Lipinski definition) is 3. The zero-order valence-electron chi connectivity index (χ0n) is 16.1. The molecule has 1 unspecified atom stereocenters. The summed E-state index contributed by atoms with van der Waals surface area (Å²) in [6, 6.07) is 5.78. The maximum Gasteiger partial charge on any atom is 0.254 e. The molecule has 1 fully saturated rings. The molecule has 4 rings (SSSR count). The van der Waals surface area contributed by atoms with Gasteiger partial charge >= 0.3 is 0 Å². The van der Waals surface area contributed by atoms with Crippen LogP contribution in [0.3, 0.4) is 0 Å². The average molecular weight is 384 g/mol. The molecular weight excluding hydrogens is 359 g/mol. The second-order valence-corrected chi connectivity index (χ2v) is 7.66. The molecule has 28 heavy (non-hydrogen) atoms. The summed E-state index contributed by atoms with van der Waals surface area (Å²) in [7, 11) is 1.92. The first-order valence-electron chi connectivity index (χ1n) is 9.86. The van der Waals surface area contributed by atoms with Crippen molar-refractivity contribution in [2.24, 2.45) is 13.0 Å². The number of amides is 2. The van der Waals surface area contributed by atoms with Gasteiger partial charge in [0.1, 0.15) is 5.82 Å². The first-order chi connectivity index (χ1) is 13.5. The molecule has 0 bridgehead atoms. The topological polar surface area (TPSA) is 58.4 Å². The molecule has 1 aliphatic carbocycles. The van der Waals surface area contributed by atoms with E-state index in [-0.39, 0.29) is 17.7 Å². The second-order valence-electron chi connectivity index (χ2n) is 7.66. The molecule has 2 aliphatic rings. The SMILES string of the molecule is Cn1ncc2c1CC(C(=O)N1CCCN(C(=O)c3cccc(F)c3)CC1)CC2. The lowest BCUT2D eigenvalue weighted by atomic mass is 9.87. The number of carbonyl (C=O) groups excluding carboxylic acids is 2. The van der Waals surface area contributed by atoms with E-state index in [2.05, 4.69) is 5.10 Å². The van der Waals surface area contributed by atoms with Crippen molar-refractivity contribution in [1.29, 1.82) is 0 Å². The normalized spacial score (nSPS) is 19.9. The number of halogens is 1. The first kappa shape index (κ1) is 18.7. The summed E-state index contributed by atoms with van der Waals surface area (Å²) in [5.74, 6) is -0.435. The van der Waals surface area contributed by atoms with Crippen molar-refractivity contribution in [3.63, 3.8) is 0 Å². The van der Waals surface area contributed by atoms with E-state index in [9.17, 15) is 14.0 Å². The highest BCUT2D eigenvalue weighted by molar-refractivity contribution is 5.94. The van der Waals surface area contributed by atoms with E-state index in [1.807, 2.05) is 22.8 Å². The number of nitrogens with zero attached hydrogens (tertiary/aromatic N) is 4. The van der Waals surface area contributed by atoms with Crippen LogP contribution in [0.25, 0.3) is 0 Å². The Morgan fingerprint density at radius 1 is 1.14 bits per heavy atom. The number of rotatable bonds is 2. The van der Waals surface area contributed by atoms with Gasteiger partial charge in [-0.1, -0.05) is 6.07 Å². The number of hydrogen-bond donors (Lipinski definition) is 0. The number of fused-ring (bicyclic) bond motifs is 1. The molecule has 0 radical (unpaired) electrons. The molecule has 0 N–H and O–H groups in total. The van der Waals surface area contributed by atoms with Crippen molar-refractivity contribution in [2.45, 2.75) is 25.7 Å². The Morgan fingerprint density at radius 3 is 2.75 bits per heavy atom. The molecule has 2 amide bonds. The van der Waals surface area contributed by atoms with Crippen molar-refractivity contribution in [3.05, 3.63) is 53.1 Å². The quantitative estimate of drug-likeness (QED) is 0.796. The number of benzene rings is 1. The minimum absolute atomic E-state index is 0.0200. The highest BCUT2D eigenvalue weighted by Crippen LogP contribution is 2.27. The summed E-state index contributed by atoms with van der Waals surface area (Å²) in [6.07, 6.45) is 5.10. The van der Waals surface area contributed by atoms with Crippen LogP contribution in [-0.4, -0.2) is 57.6 Å². The van der Waals surface area contributed by atoms with Crippen LogP contribution in [0.4, 0.5) is 4.39 Å². The Balaban J connectivity index is 1.39. The molecule has 148 valence electrons. The van der Waals surface area contributed by atoms with E-state index in [1.54, 1.807) is 17.0 Å². The van der Waals surface area contributed by atoms with Crippen LogP contribution in [-0.2, 0) is 24.7 Å². The fourth-order valence-corrected chi connectivity index (χ4v) is 4.26. The lowest BCUT2D eigenvalue weighted by Gasteiger charge is -2.29. The molecule has 1 aliphatic heterocycles. The van der Waals surface area contributed by atoms with E-state index in [0.717, 1.165) is 31.4 Å². The fraction of sp³-hybridized carbons (Fsp3) is 0.476. The van der Waals surface area contributed by atoms with Gasteiger partial charge in [-0.3, -0.25) is 14.3 Å². The van der Waals surface area contributed by atoms with Crippen molar-refractivity contribution >= 4 is 11.8 Å². The van der Waals surface area contributed by atoms with Crippen LogP contribution in [0.1, 0.15) is 34.5 Å². The number of aryl methyl sites for hydroxylation is 2. The smallest absolute Gasteiger partial charge is 0.254 e. The molecule has 1 saturated heterocycles. The first-order valence-corrected chi connectivity index (χ1v) is 9.86. The van der Waals surface area contributed by atoms with Crippen LogP contribution in [0, 0.1) is 11.7 Å². The van der Waals surface area contributed by atoms with E-state index in [1.165, 1.54) is 17.7 Å². The Hall–Kier alpha value is -2.70. The zero-order valence-corrected chi connectivity index (χ0v) is 16.1. The summed E-state index contributed by atoms with van der Waals surface area (Å²) in [6.45, 7) is 2.23. The summed E-state index contributed by atoms with van der Waals surface area (Å²) in [4.78, 5) is 29.4. The van der Waals surface area contributed by atoms with Crippen LogP contribution in [0.2, 0.25) is 0 Å². The number of aromatic nitrogens is 2. The molecular formula is C21H25FN4O2.